The number of pyridine rings is 1. The fourth-order valence-corrected chi connectivity index (χ4v) is 1.94. The lowest BCUT2D eigenvalue weighted by atomic mass is 10.0. The molecule has 0 aliphatic rings. The molecule has 0 atom stereocenters. The summed E-state index contributed by atoms with van der Waals surface area (Å²) in [6, 6.07) is 0.480. The van der Waals surface area contributed by atoms with Crippen molar-refractivity contribution in [2.24, 2.45) is 0 Å². The van der Waals surface area contributed by atoms with Gasteiger partial charge < -0.3 is 5.11 Å². The number of carboxylic acid groups (broad SMARTS) is 1. The average molecular weight is 348 g/mol. The number of rotatable bonds is 4. The molecular formula is C10H7BrF5NO2. The van der Waals surface area contributed by atoms with Crippen LogP contribution in [0.15, 0.2) is 6.07 Å². The molecule has 1 aromatic heterocycles. The van der Waals surface area contributed by atoms with Crippen LogP contribution in [0, 0.1) is 0 Å². The minimum Gasteiger partial charge on any atom is -0.481 e. The second-order valence-electron chi connectivity index (χ2n) is 3.53. The van der Waals surface area contributed by atoms with Crippen LogP contribution < -0.4 is 0 Å². The van der Waals surface area contributed by atoms with Crippen LogP contribution in [0.3, 0.4) is 0 Å². The predicted octanol–water partition coefficient (Wildman–Crippen LogP) is 3.56. The van der Waals surface area contributed by atoms with Crippen LogP contribution in [-0.2, 0) is 22.7 Å². The van der Waals surface area contributed by atoms with Gasteiger partial charge in [0.05, 0.1) is 17.7 Å². The Balaban J connectivity index is 3.52. The SMILES string of the molecule is O=C(O)Cc1cc(C(F)F)nc(CBr)c1C(F)(F)F. The van der Waals surface area contributed by atoms with E-state index in [1.54, 1.807) is 0 Å². The van der Waals surface area contributed by atoms with Crippen molar-refractivity contribution < 1.29 is 31.9 Å². The summed E-state index contributed by atoms with van der Waals surface area (Å²) in [5, 5.41) is 8.16. The first kappa shape index (κ1) is 15.8. The van der Waals surface area contributed by atoms with Crippen LogP contribution in [0.5, 0.6) is 0 Å². The number of halogens is 6. The average Bonchev–Trinajstić information content (AvgIpc) is 2.25. The standard InChI is InChI=1S/C10H7BrF5NO2/c11-3-6-8(10(14,15)16)4(2-7(18)19)1-5(17-6)9(12)13/h1,9H,2-3H2,(H,18,19). The van der Waals surface area contributed by atoms with Crippen molar-refractivity contribution in [3.05, 3.63) is 28.6 Å². The lowest BCUT2D eigenvalue weighted by Crippen LogP contribution is -2.17. The first-order chi connectivity index (χ1) is 8.66. The summed E-state index contributed by atoms with van der Waals surface area (Å²) < 4.78 is 63.6. The second kappa shape index (κ2) is 5.81. The van der Waals surface area contributed by atoms with Gasteiger partial charge in [0.15, 0.2) is 0 Å². The Labute approximate surface area is 112 Å². The molecule has 1 heterocycles. The minimum absolute atomic E-state index is 0.408. The summed E-state index contributed by atoms with van der Waals surface area (Å²) >= 11 is 2.73. The second-order valence-corrected chi connectivity index (χ2v) is 4.09. The topological polar surface area (TPSA) is 50.2 Å². The number of aromatic nitrogens is 1. The van der Waals surface area contributed by atoms with Gasteiger partial charge in [-0.25, -0.2) is 8.78 Å². The Hall–Kier alpha value is -1.25. The zero-order chi connectivity index (χ0) is 14.8. The van der Waals surface area contributed by atoms with Gasteiger partial charge in [0.2, 0.25) is 0 Å². The number of hydrogen-bond acceptors (Lipinski definition) is 2. The third-order valence-electron chi connectivity index (χ3n) is 2.17. The quantitative estimate of drug-likeness (QED) is 0.669. The van der Waals surface area contributed by atoms with Gasteiger partial charge >= 0.3 is 12.1 Å². The van der Waals surface area contributed by atoms with Crippen molar-refractivity contribution in [1.29, 1.82) is 0 Å². The molecule has 1 N–H and O–H groups in total. The van der Waals surface area contributed by atoms with Gasteiger partial charge in [0.1, 0.15) is 5.69 Å². The Bertz CT molecular complexity index is 490. The first-order valence-electron chi connectivity index (χ1n) is 4.82. The largest absolute Gasteiger partial charge is 0.481 e. The molecule has 0 spiro atoms. The molecule has 0 aromatic carbocycles. The summed E-state index contributed by atoms with van der Waals surface area (Å²) in [6.45, 7) is 0. The van der Waals surface area contributed by atoms with Crippen molar-refractivity contribution in [2.45, 2.75) is 24.4 Å². The Morgan fingerprint density at radius 1 is 1.42 bits per heavy atom. The van der Waals surface area contributed by atoms with Crippen molar-refractivity contribution in [1.82, 2.24) is 4.98 Å². The highest BCUT2D eigenvalue weighted by Gasteiger charge is 2.38. The van der Waals surface area contributed by atoms with Crippen LogP contribution in [-0.4, -0.2) is 16.1 Å². The Morgan fingerprint density at radius 2 is 2.00 bits per heavy atom. The van der Waals surface area contributed by atoms with Crippen molar-refractivity contribution in [3.8, 4) is 0 Å². The van der Waals surface area contributed by atoms with Crippen molar-refractivity contribution in [2.75, 3.05) is 0 Å². The molecule has 0 fully saturated rings. The lowest BCUT2D eigenvalue weighted by Gasteiger charge is -2.16. The molecule has 106 valence electrons. The van der Waals surface area contributed by atoms with Crippen LogP contribution in [0.2, 0.25) is 0 Å². The van der Waals surface area contributed by atoms with E-state index in [1.807, 2.05) is 0 Å². The van der Waals surface area contributed by atoms with Crippen LogP contribution in [0.1, 0.15) is 28.9 Å². The van der Waals surface area contributed by atoms with Crippen molar-refractivity contribution in [3.63, 3.8) is 0 Å². The molecule has 0 saturated heterocycles. The summed E-state index contributed by atoms with van der Waals surface area (Å²) in [7, 11) is 0. The van der Waals surface area contributed by atoms with Gasteiger partial charge in [-0.3, -0.25) is 9.78 Å². The molecule has 19 heavy (non-hydrogen) atoms. The van der Waals surface area contributed by atoms with E-state index in [1.165, 1.54) is 0 Å². The molecule has 1 rings (SSSR count). The molecule has 0 amide bonds. The normalized spacial score (nSPS) is 11.9. The lowest BCUT2D eigenvalue weighted by molar-refractivity contribution is -0.140. The predicted molar refractivity (Wildman–Crippen MR) is 58.2 cm³/mol. The van der Waals surface area contributed by atoms with E-state index < -0.39 is 52.8 Å². The molecule has 0 radical (unpaired) electrons. The maximum absolute atomic E-state index is 12.8. The number of alkyl halides is 6. The Kier molecular flexibility index (Phi) is 4.83. The van der Waals surface area contributed by atoms with E-state index in [0.717, 1.165) is 0 Å². The maximum atomic E-state index is 12.8. The number of hydrogen-bond donors (Lipinski definition) is 1. The molecule has 0 aliphatic carbocycles. The summed E-state index contributed by atoms with van der Waals surface area (Å²) in [5.41, 5.74) is -3.53. The number of nitrogens with zero attached hydrogens (tertiary/aromatic N) is 1. The molecular weight excluding hydrogens is 341 g/mol. The van der Waals surface area contributed by atoms with E-state index in [4.69, 9.17) is 5.11 Å². The van der Waals surface area contributed by atoms with E-state index in [-0.39, 0.29) is 0 Å². The van der Waals surface area contributed by atoms with E-state index in [2.05, 4.69) is 20.9 Å². The fourth-order valence-electron chi connectivity index (χ4n) is 1.54. The molecule has 0 saturated carbocycles. The van der Waals surface area contributed by atoms with Crippen molar-refractivity contribution >= 4 is 21.9 Å². The smallest absolute Gasteiger partial charge is 0.418 e. The van der Waals surface area contributed by atoms with Crippen LogP contribution >= 0.6 is 15.9 Å². The highest BCUT2D eigenvalue weighted by atomic mass is 79.9. The van der Waals surface area contributed by atoms with Gasteiger partial charge in [0, 0.05) is 5.33 Å². The number of carboxylic acids is 1. The zero-order valence-electron chi connectivity index (χ0n) is 9.14. The van der Waals surface area contributed by atoms with E-state index in [0.29, 0.717) is 6.07 Å². The van der Waals surface area contributed by atoms with Gasteiger partial charge in [0.25, 0.3) is 6.43 Å². The molecule has 3 nitrogen and oxygen atoms in total. The zero-order valence-corrected chi connectivity index (χ0v) is 10.7. The van der Waals surface area contributed by atoms with Gasteiger partial charge in [-0.05, 0) is 11.6 Å². The van der Waals surface area contributed by atoms with Crippen LogP contribution in [0.25, 0.3) is 0 Å². The molecule has 0 aliphatic heterocycles. The molecule has 9 heteroatoms. The number of carbonyl (C=O) groups is 1. The summed E-state index contributed by atoms with van der Waals surface area (Å²) in [4.78, 5) is 13.8. The maximum Gasteiger partial charge on any atom is 0.418 e. The molecule has 0 bridgehead atoms. The Morgan fingerprint density at radius 3 is 2.37 bits per heavy atom. The molecule has 0 unspecified atom stereocenters. The number of aliphatic carboxylic acids is 1. The fraction of sp³-hybridized carbons (Fsp3) is 0.400. The third-order valence-corrected chi connectivity index (χ3v) is 2.70. The monoisotopic (exact) mass is 347 g/mol. The minimum atomic E-state index is -4.86. The highest BCUT2D eigenvalue weighted by Crippen LogP contribution is 2.36. The van der Waals surface area contributed by atoms with E-state index in [9.17, 15) is 26.7 Å². The van der Waals surface area contributed by atoms with E-state index >= 15 is 0 Å². The first-order valence-corrected chi connectivity index (χ1v) is 5.94. The van der Waals surface area contributed by atoms with Gasteiger partial charge in [-0.2, -0.15) is 13.2 Å². The van der Waals surface area contributed by atoms with Gasteiger partial charge in [-0.15, -0.1) is 0 Å². The summed E-state index contributed by atoms with van der Waals surface area (Å²) in [6.07, 6.45) is -8.94. The third kappa shape index (κ3) is 3.85. The summed E-state index contributed by atoms with van der Waals surface area (Å²) in [5.74, 6) is -1.54. The highest BCUT2D eigenvalue weighted by molar-refractivity contribution is 9.08. The van der Waals surface area contributed by atoms with Crippen LogP contribution in [0.4, 0.5) is 22.0 Å². The van der Waals surface area contributed by atoms with Gasteiger partial charge in [-0.1, -0.05) is 15.9 Å². The molecule has 1 aromatic rings.